The van der Waals surface area contributed by atoms with Gasteiger partial charge in [0.25, 0.3) is 5.91 Å². The van der Waals surface area contributed by atoms with E-state index in [2.05, 4.69) is 15.6 Å². The summed E-state index contributed by atoms with van der Waals surface area (Å²) in [5.74, 6) is -0.109. The molecular formula is C11H17N3O2. The largest absolute Gasteiger partial charge is 0.312 e. The van der Waals surface area contributed by atoms with Gasteiger partial charge in [-0.2, -0.15) is 4.99 Å². The number of amides is 2. The summed E-state index contributed by atoms with van der Waals surface area (Å²) < 4.78 is 0. The van der Waals surface area contributed by atoms with Crippen molar-refractivity contribution in [3.05, 3.63) is 0 Å². The minimum Gasteiger partial charge on any atom is -0.312 e. The predicted octanol–water partition coefficient (Wildman–Crippen LogP) is 0.210. The zero-order valence-electron chi connectivity index (χ0n) is 9.67. The summed E-state index contributed by atoms with van der Waals surface area (Å²) in [6, 6.07) is 0.0257. The van der Waals surface area contributed by atoms with E-state index in [9.17, 15) is 9.59 Å². The second-order valence-electron chi connectivity index (χ2n) is 4.88. The first-order chi connectivity index (χ1) is 7.51. The molecule has 88 valence electrons. The number of hydrogen-bond acceptors (Lipinski definition) is 3. The molecule has 1 saturated heterocycles. The third-order valence-corrected chi connectivity index (χ3v) is 3.21. The molecule has 2 aliphatic rings. The summed E-state index contributed by atoms with van der Waals surface area (Å²) in [6.07, 6.45) is 3.16. The van der Waals surface area contributed by atoms with Crippen LogP contribution >= 0.6 is 0 Å². The van der Waals surface area contributed by atoms with Gasteiger partial charge in [-0.15, -0.1) is 0 Å². The number of carbonyl (C=O) groups is 2. The summed E-state index contributed by atoms with van der Waals surface area (Å²) >= 11 is 0. The van der Waals surface area contributed by atoms with Gasteiger partial charge < -0.3 is 10.6 Å². The van der Waals surface area contributed by atoms with Crippen LogP contribution in [-0.4, -0.2) is 30.2 Å². The highest BCUT2D eigenvalue weighted by Crippen LogP contribution is 2.22. The summed E-state index contributed by atoms with van der Waals surface area (Å²) in [7, 11) is 0. The van der Waals surface area contributed by atoms with E-state index in [0.717, 1.165) is 25.8 Å². The first kappa shape index (κ1) is 11.3. The molecule has 2 heterocycles. The Morgan fingerprint density at radius 3 is 2.62 bits per heavy atom. The minimum atomic E-state index is -1.03. The van der Waals surface area contributed by atoms with Crippen molar-refractivity contribution in [1.82, 2.24) is 10.6 Å². The summed E-state index contributed by atoms with van der Waals surface area (Å²) in [4.78, 5) is 27.4. The molecule has 0 aromatic heterocycles. The van der Waals surface area contributed by atoms with Crippen molar-refractivity contribution >= 4 is 17.6 Å². The first-order valence-corrected chi connectivity index (χ1v) is 5.69. The van der Waals surface area contributed by atoms with Gasteiger partial charge in [-0.05, 0) is 33.2 Å². The Bertz CT molecular complexity index is 354. The average Bonchev–Trinajstić information content (AvgIpc) is 2.27. The molecule has 2 rings (SSSR count). The maximum atomic E-state index is 11.7. The SMILES string of the molecule is CC1(C)C(=O)N=C(C2CCCCN2)NC1=O. The highest BCUT2D eigenvalue weighted by Gasteiger charge is 2.41. The fraction of sp³-hybridized carbons (Fsp3) is 0.727. The van der Waals surface area contributed by atoms with E-state index in [1.165, 1.54) is 0 Å². The molecule has 0 aliphatic carbocycles. The highest BCUT2D eigenvalue weighted by atomic mass is 16.2. The molecule has 0 saturated carbocycles. The maximum Gasteiger partial charge on any atom is 0.262 e. The topological polar surface area (TPSA) is 70.6 Å². The van der Waals surface area contributed by atoms with Crippen molar-refractivity contribution in [1.29, 1.82) is 0 Å². The molecule has 1 fully saturated rings. The van der Waals surface area contributed by atoms with E-state index in [-0.39, 0.29) is 17.9 Å². The van der Waals surface area contributed by atoms with Crippen LogP contribution in [0.4, 0.5) is 0 Å². The van der Waals surface area contributed by atoms with Crippen LogP contribution < -0.4 is 10.6 Å². The van der Waals surface area contributed by atoms with Crippen molar-refractivity contribution in [2.45, 2.75) is 39.2 Å². The van der Waals surface area contributed by atoms with E-state index in [1.807, 2.05) is 0 Å². The number of nitrogens with one attached hydrogen (secondary N) is 2. The molecule has 5 heteroatoms. The predicted molar refractivity (Wildman–Crippen MR) is 60.0 cm³/mol. The van der Waals surface area contributed by atoms with Crippen molar-refractivity contribution in [2.75, 3.05) is 6.54 Å². The van der Waals surface area contributed by atoms with Crippen LogP contribution in [-0.2, 0) is 9.59 Å². The lowest BCUT2D eigenvalue weighted by Crippen LogP contribution is -2.56. The van der Waals surface area contributed by atoms with Crippen LogP contribution in [0.2, 0.25) is 0 Å². The van der Waals surface area contributed by atoms with Gasteiger partial charge in [0.2, 0.25) is 5.91 Å². The van der Waals surface area contributed by atoms with Gasteiger partial charge in [0.1, 0.15) is 11.3 Å². The summed E-state index contributed by atoms with van der Waals surface area (Å²) in [5, 5.41) is 5.99. The van der Waals surface area contributed by atoms with Gasteiger partial charge in [-0.25, -0.2) is 0 Å². The smallest absolute Gasteiger partial charge is 0.262 e. The molecule has 2 N–H and O–H groups in total. The van der Waals surface area contributed by atoms with Crippen LogP contribution in [0.25, 0.3) is 0 Å². The van der Waals surface area contributed by atoms with Crippen LogP contribution in [0, 0.1) is 5.41 Å². The fourth-order valence-electron chi connectivity index (χ4n) is 1.90. The molecule has 2 amide bonds. The average molecular weight is 223 g/mol. The van der Waals surface area contributed by atoms with Crippen molar-refractivity contribution in [3.8, 4) is 0 Å². The quantitative estimate of drug-likeness (QED) is 0.624. The molecule has 1 atom stereocenters. The Kier molecular flexibility index (Phi) is 2.80. The Morgan fingerprint density at radius 1 is 1.31 bits per heavy atom. The third kappa shape index (κ3) is 1.87. The van der Waals surface area contributed by atoms with E-state index in [0.29, 0.717) is 5.84 Å². The van der Waals surface area contributed by atoms with Crippen LogP contribution in [0.15, 0.2) is 4.99 Å². The zero-order chi connectivity index (χ0) is 11.8. The van der Waals surface area contributed by atoms with Crippen molar-refractivity contribution in [2.24, 2.45) is 10.4 Å². The molecule has 16 heavy (non-hydrogen) atoms. The van der Waals surface area contributed by atoms with Gasteiger partial charge in [0.05, 0.1) is 6.04 Å². The number of nitrogens with zero attached hydrogens (tertiary/aromatic N) is 1. The lowest BCUT2D eigenvalue weighted by atomic mass is 9.89. The van der Waals surface area contributed by atoms with E-state index in [1.54, 1.807) is 13.8 Å². The number of rotatable bonds is 1. The number of hydrogen-bond donors (Lipinski definition) is 2. The van der Waals surface area contributed by atoms with Crippen LogP contribution in [0.3, 0.4) is 0 Å². The lowest BCUT2D eigenvalue weighted by molar-refractivity contribution is -0.139. The van der Waals surface area contributed by atoms with E-state index >= 15 is 0 Å². The molecule has 0 radical (unpaired) electrons. The molecule has 0 aromatic carbocycles. The molecule has 1 unspecified atom stereocenters. The summed E-state index contributed by atoms with van der Waals surface area (Å²) in [6.45, 7) is 4.11. The molecule has 5 nitrogen and oxygen atoms in total. The maximum absolute atomic E-state index is 11.7. The second-order valence-corrected chi connectivity index (χ2v) is 4.88. The Labute approximate surface area is 94.7 Å². The van der Waals surface area contributed by atoms with E-state index < -0.39 is 5.41 Å². The van der Waals surface area contributed by atoms with Gasteiger partial charge in [0.15, 0.2) is 0 Å². The fourth-order valence-corrected chi connectivity index (χ4v) is 1.90. The Hall–Kier alpha value is -1.23. The van der Waals surface area contributed by atoms with Crippen LogP contribution in [0.5, 0.6) is 0 Å². The number of amidine groups is 1. The molecule has 0 aromatic rings. The van der Waals surface area contributed by atoms with Gasteiger partial charge in [-0.3, -0.25) is 9.59 Å². The lowest BCUT2D eigenvalue weighted by Gasteiger charge is -2.31. The van der Waals surface area contributed by atoms with Gasteiger partial charge in [-0.1, -0.05) is 6.42 Å². The molecule has 0 spiro atoms. The van der Waals surface area contributed by atoms with Gasteiger partial charge >= 0.3 is 0 Å². The third-order valence-electron chi connectivity index (χ3n) is 3.21. The van der Waals surface area contributed by atoms with E-state index in [4.69, 9.17) is 0 Å². The summed E-state index contributed by atoms with van der Waals surface area (Å²) in [5.41, 5.74) is -1.03. The first-order valence-electron chi connectivity index (χ1n) is 5.69. The minimum absolute atomic E-state index is 0.0257. The van der Waals surface area contributed by atoms with Crippen molar-refractivity contribution < 1.29 is 9.59 Å². The molecule has 0 bridgehead atoms. The number of piperidine rings is 1. The normalized spacial score (nSPS) is 29.6. The van der Waals surface area contributed by atoms with Crippen molar-refractivity contribution in [3.63, 3.8) is 0 Å². The second kappa shape index (κ2) is 3.97. The Balaban J connectivity index is 2.18. The standard InChI is InChI=1S/C11H17N3O2/c1-11(2)9(15)13-8(14-10(11)16)7-5-3-4-6-12-7/h7,12H,3-6H2,1-2H3,(H,13,14,15,16). The van der Waals surface area contributed by atoms with Gasteiger partial charge in [0, 0.05) is 0 Å². The number of carbonyl (C=O) groups excluding carboxylic acids is 2. The van der Waals surface area contributed by atoms with Crippen LogP contribution in [0.1, 0.15) is 33.1 Å². The molecular weight excluding hydrogens is 206 g/mol. The Morgan fingerprint density at radius 2 is 2.06 bits per heavy atom. The zero-order valence-corrected chi connectivity index (χ0v) is 9.67. The number of aliphatic imine (C=N–C) groups is 1. The monoisotopic (exact) mass is 223 g/mol. The molecule has 2 aliphatic heterocycles. The highest BCUT2D eigenvalue weighted by molar-refractivity contribution is 6.19.